The Labute approximate surface area is 153 Å². The number of guanidine groups is 1. The van der Waals surface area contributed by atoms with E-state index in [2.05, 4.69) is 31.4 Å². The highest BCUT2D eigenvalue weighted by Crippen LogP contribution is 2.62. The van der Waals surface area contributed by atoms with Crippen LogP contribution in [0.2, 0.25) is 0 Å². The van der Waals surface area contributed by atoms with Crippen molar-refractivity contribution in [3.05, 3.63) is 0 Å². The fourth-order valence-corrected chi connectivity index (χ4v) is 5.28. The van der Waals surface area contributed by atoms with Crippen LogP contribution in [0.4, 0.5) is 0 Å². The number of aliphatic imine (C=N–C) groups is 1. The zero-order chi connectivity index (χ0) is 17.9. The first kappa shape index (κ1) is 19.0. The summed E-state index contributed by atoms with van der Waals surface area (Å²) in [4.78, 5) is 4.89. The molecule has 1 saturated heterocycles. The summed E-state index contributed by atoms with van der Waals surface area (Å²) >= 11 is 0. The quantitative estimate of drug-likeness (QED) is 0.464. The van der Waals surface area contributed by atoms with Crippen LogP contribution in [0.3, 0.4) is 0 Å². The second kappa shape index (κ2) is 8.26. The smallest absolute Gasteiger partial charge is 0.191 e. The third-order valence-electron chi connectivity index (χ3n) is 6.52. The Hall–Kier alpha value is -0.810. The molecule has 4 atom stereocenters. The molecule has 25 heavy (non-hydrogen) atoms. The van der Waals surface area contributed by atoms with Crippen molar-refractivity contribution in [1.29, 1.82) is 0 Å². The molecule has 0 amide bonds. The number of hydrogen-bond acceptors (Lipinski definition) is 3. The van der Waals surface area contributed by atoms with E-state index in [4.69, 9.17) is 9.73 Å². The minimum atomic E-state index is 0.254. The molecule has 1 heterocycles. The molecule has 5 nitrogen and oxygen atoms in total. The summed E-state index contributed by atoms with van der Waals surface area (Å²) in [6, 6.07) is 0.521. The molecule has 5 heteroatoms. The largest absolute Gasteiger partial charge is 0.396 e. The number of hydrogen-bond donors (Lipinski definition) is 3. The van der Waals surface area contributed by atoms with Crippen LogP contribution in [0.1, 0.15) is 59.3 Å². The molecule has 1 aliphatic heterocycles. The van der Waals surface area contributed by atoms with Gasteiger partial charge in [-0.15, -0.1) is 0 Å². The van der Waals surface area contributed by atoms with Crippen LogP contribution < -0.4 is 10.6 Å². The molecule has 2 saturated carbocycles. The molecule has 0 aromatic rings. The lowest BCUT2D eigenvalue weighted by molar-refractivity contribution is -0.171. The molecule has 0 aromatic heterocycles. The summed E-state index contributed by atoms with van der Waals surface area (Å²) < 4.78 is 6.03. The summed E-state index contributed by atoms with van der Waals surface area (Å²) in [6.45, 7) is 9.46. The van der Waals surface area contributed by atoms with Gasteiger partial charge in [-0.1, -0.05) is 20.3 Å². The van der Waals surface area contributed by atoms with Crippen molar-refractivity contribution >= 4 is 5.96 Å². The number of aliphatic hydroxyl groups excluding tert-OH is 1. The molecule has 3 fully saturated rings. The topological polar surface area (TPSA) is 65.9 Å². The average Bonchev–Trinajstić information content (AvgIpc) is 2.93. The standard InChI is InChI=1S/C20H37N3O2/c1-4-21-19(22-13-15(6-10-24)12-14(2)3)23-17-16-7-11-25-18(16)20(17)8-5-9-20/h14-18,24H,4-13H2,1-3H3,(H2,21,22,23). The predicted molar refractivity (Wildman–Crippen MR) is 102 cm³/mol. The number of rotatable bonds is 8. The average molecular weight is 352 g/mol. The van der Waals surface area contributed by atoms with Gasteiger partial charge in [0.15, 0.2) is 5.96 Å². The minimum absolute atomic E-state index is 0.254. The van der Waals surface area contributed by atoms with Crippen molar-refractivity contribution in [3.63, 3.8) is 0 Å². The molecule has 0 radical (unpaired) electrons. The maximum atomic E-state index is 9.33. The Balaban J connectivity index is 1.62. The highest BCUT2D eigenvalue weighted by Gasteiger charge is 2.66. The van der Waals surface area contributed by atoms with Crippen LogP contribution in [0.25, 0.3) is 0 Å². The van der Waals surface area contributed by atoms with E-state index < -0.39 is 0 Å². The molecule has 3 rings (SSSR count). The van der Waals surface area contributed by atoms with Gasteiger partial charge in [0.2, 0.25) is 0 Å². The van der Waals surface area contributed by atoms with E-state index in [1.807, 2.05) is 0 Å². The van der Waals surface area contributed by atoms with Gasteiger partial charge in [0.05, 0.1) is 6.10 Å². The number of fused-ring (bicyclic) bond motifs is 2. The maximum absolute atomic E-state index is 9.33. The van der Waals surface area contributed by atoms with Gasteiger partial charge < -0.3 is 20.5 Å². The van der Waals surface area contributed by atoms with Crippen molar-refractivity contribution in [3.8, 4) is 0 Å². The second-order valence-electron chi connectivity index (χ2n) is 8.68. The minimum Gasteiger partial charge on any atom is -0.396 e. The molecule has 4 unspecified atom stereocenters. The zero-order valence-corrected chi connectivity index (χ0v) is 16.3. The van der Waals surface area contributed by atoms with Gasteiger partial charge in [-0.25, -0.2) is 0 Å². The molecule has 3 aliphatic rings. The number of nitrogens with one attached hydrogen (secondary N) is 2. The van der Waals surface area contributed by atoms with Crippen molar-refractivity contribution in [2.75, 3.05) is 26.3 Å². The first-order valence-electron chi connectivity index (χ1n) is 10.4. The Morgan fingerprint density at radius 1 is 1.36 bits per heavy atom. The van der Waals surface area contributed by atoms with Crippen LogP contribution in [0.5, 0.6) is 0 Å². The van der Waals surface area contributed by atoms with Crippen LogP contribution in [-0.4, -0.2) is 49.5 Å². The van der Waals surface area contributed by atoms with E-state index in [1.54, 1.807) is 0 Å². The summed E-state index contributed by atoms with van der Waals surface area (Å²) in [6.07, 6.45) is 7.57. The van der Waals surface area contributed by atoms with Gasteiger partial charge in [-0.05, 0) is 50.9 Å². The molecule has 2 aliphatic carbocycles. The third kappa shape index (κ3) is 3.82. The Morgan fingerprint density at radius 3 is 2.76 bits per heavy atom. The van der Waals surface area contributed by atoms with E-state index in [-0.39, 0.29) is 6.61 Å². The summed E-state index contributed by atoms with van der Waals surface area (Å²) in [5.74, 6) is 2.72. The zero-order valence-electron chi connectivity index (χ0n) is 16.3. The second-order valence-corrected chi connectivity index (χ2v) is 8.68. The molecule has 0 aromatic carbocycles. The Morgan fingerprint density at radius 2 is 2.16 bits per heavy atom. The van der Waals surface area contributed by atoms with Gasteiger partial charge in [-0.3, -0.25) is 4.99 Å². The highest BCUT2D eigenvalue weighted by atomic mass is 16.5. The predicted octanol–water partition coefficient (Wildman–Crippen LogP) is 2.54. The molecule has 144 valence electrons. The number of ether oxygens (including phenoxy) is 1. The molecule has 3 N–H and O–H groups in total. The number of aliphatic hydroxyl groups is 1. The van der Waals surface area contributed by atoms with Crippen molar-refractivity contribution in [2.24, 2.45) is 28.2 Å². The maximum Gasteiger partial charge on any atom is 0.191 e. The van der Waals surface area contributed by atoms with Gasteiger partial charge in [0.25, 0.3) is 0 Å². The summed E-state index contributed by atoms with van der Waals surface area (Å²) in [7, 11) is 0. The van der Waals surface area contributed by atoms with Crippen LogP contribution >= 0.6 is 0 Å². The van der Waals surface area contributed by atoms with Gasteiger partial charge >= 0.3 is 0 Å². The van der Waals surface area contributed by atoms with Crippen LogP contribution in [-0.2, 0) is 4.74 Å². The monoisotopic (exact) mass is 351 g/mol. The summed E-state index contributed by atoms with van der Waals surface area (Å²) in [5, 5.41) is 16.5. The van der Waals surface area contributed by atoms with Crippen LogP contribution in [0.15, 0.2) is 4.99 Å². The summed E-state index contributed by atoms with van der Waals surface area (Å²) in [5.41, 5.74) is 0.375. The van der Waals surface area contributed by atoms with E-state index in [1.165, 1.54) is 25.7 Å². The highest BCUT2D eigenvalue weighted by molar-refractivity contribution is 5.80. The molecular weight excluding hydrogens is 314 g/mol. The third-order valence-corrected chi connectivity index (χ3v) is 6.52. The lowest BCUT2D eigenvalue weighted by Crippen LogP contribution is -2.72. The molecule has 0 bridgehead atoms. The Kier molecular flexibility index (Phi) is 6.26. The molecular formula is C20H37N3O2. The van der Waals surface area contributed by atoms with Crippen molar-refractivity contribution in [2.45, 2.75) is 71.4 Å². The van der Waals surface area contributed by atoms with Crippen LogP contribution in [0, 0.1) is 23.2 Å². The first-order chi connectivity index (χ1) is 12.1. The fraction of sp³-hybridized carbons (Fsp3) is 0.950. The van der Waals surface area contributed by atoms with E-state index in [0.29, 0.717) is 35.3 Å². The lowest BCUT2D eigenvalue weighted by Gasteiger charge is -2.63. The normalized spacial score (nSPS) is 31.4. The van der Waals surface area contributed by atoms with E-state index >= 15 is 0 Å². The van der Waals surface area contributed by atoms with Crippen molar-refractivity contribution < 1.29 is 9.84 Å². The number of nitrogens with zero attached hydrogens (tertiary/aromatic N) is 1. The SMILES string of the molecule is CCNC(=NCC(CCO)CC(C)C)NC1C2CCOC2C12CCC2. The van der Waals surface area contributed by atoms with Crippen molar-refractivity contribution in [1.82, 2.24) is 10.6 Å². The van der Waals surface area contributed by atoms with E-state index in [0.717, 1.165) is 38.5 Å². The van der Waals surface area contributed by atoms with Gasteiger partial charge in [0, 0.05) is 43.7 Å². The Bertz CT molecular complexity index is 462. The fourth-order valence-electron chi connectivity index (χ4n) is 5.28. The van der Waals surface area contributed by atoms with E-state index in [9.17, 15) is 5.11 Å². The molecule has 1 spiro atoms. The van der Waals surface area contributed by atoms with Gasteiger partial charge in [0.1, 0.15) is 0 Å². The first-order valence-corrected chi connectivity index (χ1v) is 10.4. The lowest BCUT2D eigenvalue weighted by atomic mass is 9.46. The van der Waals surface area contributed by atoms with Gasteiger partial charge in [-0.2, -0.15) is 0 Å².